The molecule has 2 aromatic carbocycles. The molecule has 0 spiro atoms. The molecule has 32 heavy (non-hydrogen) atoms. The molecule has 8 nitrogen and oxygen atoms in total. The quantitative estimate of drug-likeness (QED) is 0.562. The van der Waals surface area contributed by atoms with Crippen molar-refractivity contribution in [2.75, 3.05) is 16.8 Å². The van der Waals surface area contributed by atoms with Crippen LogP contribution < -0.4 is 10.0 Å². The lowest BCUT2D eigenvalue weighted by Gasteiger charge is -2.12. The van der Waals surface area contributed by atoms with Crippen LogP contribution >= 0.6 is 0 Å². The van der Waals surface area contributed by atoms with Gasteiger partial charge in [0, 0.05) is 11.7 Å². The van der Waals surface area contributed by atoms with Crippen molar-refractivity contribution in [1.82, 2.24) is 4.72 Å². The molecule has 2 heterocycles. The Bertz CT molecular complexity index is 1370. The second-order valence-electron chi connectivity index (χ2n) is 7.34. The van der Waals surface area contributed by atoms with Gasteiger partial charge in [-0.3, -0.25) is 4.79 Å². The molecule has 1 atom stereocenters. The van der Waals surface area contributed by atoms with Crippen LogP contribution in [0.4, 0.5) is 10.1 Å². The van der Waals surface area contributed by atoms with Crippen LogP contribution in [-0.4, -0.2) is 40.3 Å². The third kappa shape index (κ3) is 4.90. The first-order valence-corrected chi connectivity index (χ1v) is 12.9. The highest BCUT2D eigenvalue weighted by Crippen LogP contribution is 2.25. The highest BCUT2D eigenvalue weighted by Gasteiger charge is 2.31. The minimum atomic E-state index is -3.90. The molecule has 4 rings (SSSR count). The normalized spacial score (nSPS) is 17.8. The summed E-state index contributed by atoms with van der Waals surface area (Å²) in [7, 11) is -7.12. The first-order valence-electron chi connectivity index (χ1n) is 9.62. The molecule has 1 saturated heterocycles. The zero-order chi connectivity index (χ0) is 22.9. The van der Waals surface area contributed by atoms with Crippen LogP contribution in [0.25, 0.3) is 11.3 Å². The number of halogens is 1. The van der Waals surface area contributed by atoms with Crippen molar-refractivity contribution in [3.05, 3.63) is 72.2 Å². The van der Waals surface area contributed by atoms with Gasteiger partial charge in [0.2, 0.25) is 10.0 Å². The summed E-state index contributed by atoms with van der Waals surface area (Å²) in [6.45, 7) is 0. The van der Waals surface area contributed by atoms with Crippen molar-refractivity contribution in [3.8, 4) is 11.3 Å². The van der Waals surface area contributed by atoms with Crippen molar-refractivity contribution in [2.45, 2.75) is 17.4 Å². The largest absolute Gasteiger partial charge is 0.451 e. The minimum absolute atomic E-state index is 0.0379. The smallest absolute Gasteiger partial charge is 0.291 e. The van der Waals surface area contributed by atoms with Crippen LogP contribution in [0.5, 0.6) is 0 Å². The molecule has 1 aliphatic heterocycles. The molecule has 0 saturated carbocycles. The van der Waals surface area contributed by atoms with Gasteiger partial charge in [-0.15, -0.1) is 0 Å². The van der Waals surface area contributed by atoms with Crippen LogP contribution in [0, 0.1) is 5.82 Å². The van der Waals surface area contributed by atoms with Gasteiger partial charge in [0.15, 0.2) is 15.6 Å². The Kier molecular flexibility index (Phi) is 5.89. The third-order valence-electron chi connectivity index (χ3n) is 4.95. The zero-order valence-corrected chi connectivity index (χ0v) is 18.2. The molecular weight excluding hydrogens is 459 g/mol. The van der Waals surface area contributed by atoms with Gasteiger partial charge >= 0.3 is 0 Å². The molecule has 1 aliphatic rings. The molecule has 0 aliphatic carbocycles. The highest BCUT2D eigenvalue weighted by atomic mass is 32.2. The molecule has 1 aromatic heterocycles. The number of sulfonamides is 1. The number of amides is 1. The molecule has 1 amide bonds. The van der Waals surface area contributed by atoms with Gasteiger partial charge < -0.3 is 9.73 Å². The predicted molar refractivity (Wildman–Crippen MR) is 116 cm³/mol. The Balaban J connectivity index is 1.43. The van der Waals surface area contributed by atoms with E-state index in [-0.39, 0.29) is 39.9 Å². The summed E-state index contributed by atoms with van der Waals surface area (Å²) >= 11 is 0. The van der Waals surface area contributed by atoms with Crippen LogP contribution in [-0.2, 0) is 19.9 Å². The van der Waals surface area contributed by atoms with Gasteiger partial charge in [-0.1, -0.05) is 12.1 Å². The maximum atomic E-state index is 13.9. The van der Waals surface area contributed by atoms with E-state index in [4.69, 9.17) is 4.42 Å². The van der Waals surface area contributed by atoms with Crippen LogP contribution in [0.15, 0.2) is 70.0 Å². The Hall–Kier alpha value is -3.02. The van der Waals surface area contributed by atoms with E-state index in [0.29, 0.717) is 5.69 Å². The van der Waals surface area contributed by atoms with Gasteiger partial charge in [0.05, 0.1) is 22.0 Å². The van der Waals surface area contributed by atoms with Crippen molar-refractivity contribution in [2.24, 2.45) is 0 Å². The number of anilines is 1. The molecule has 11 heteroatoms. The zero-order valence-electron chi connectivity index (χ0n) is 16.6. The van der Waals surface area contributed by atoms with E-state index >= 15 is 0 Å². The minimum Gasteiger partial charge on any atom is -0.451 e. The molecule has 0 bridgehead atoms. The van der Waals surface area contributed by atoms with E-state index in [1.54, 1.807) is 12.1 Å². The molecule has 0 unspecified atom stereocenters. The number of rotatable bonds is 6. The fourth-order valence-corrected chi connectivity index (χ4v) is 6.40. The molecule has 0 radical (unpaired) electrons. The lowest BCUT2D eigenvalue weighted by Crippen LogP contribution is -2.35. The van der Waals surface area contributed by atoms with Crippen molar-refractivity contribution in [1.29, 1.82) is 0 Å². The number of nitrogens with one attached hydrogen (secondary N) is 2. The Morgan fingerprint density at radius 1 is 1.03 bits per heavy atom. The average molecular weight is 479 g/mol. The van der Waals surface area contributed by atoms with Gasteiger partial charge in [0.1, 0.15) is 11.6 Å². The van der Waals surface area contributed by atoms with E-state index in [1.165, 1.54) is 48.5 Å². The molecule has 168 valence electrons. The molecule has 2 N–H and O–H groups in total. The number of carbonyl (C=O) groups excluding carboxylic acids is 1. The van der Waals surface area contributed by atoms with Crippen molar-refractivity contribution in [3.63, 3.8) is 0 Å². The number of benzene rings is 2. The van der Waals surface area contributed by atoms with Gasteiger partial charge in [-0.25, -0.2) is 25.9 Å². The second kappa shape index (κ2) is 8.49. The summed E-state index contributed by atoms with van der Waals surface area (Å²) in [6, 6.07) is 13.7. The Morgan fingerprint density at radius 3 is 2.41 bits per heavy atom. The second-order valence-corrected chi connectivity index (χ2v) is 11.3. The SMILES string of the molecule is O=C(Nc1ccc(S(=O)(=O)N[C@@H]2CCS(=O)(=O)C2)cc1)c1ccc(-c2ccccc2F)o1. The summed E-state index contributed by atoms with van der Waals surface area (Å²) in [5, 5.41) is 2.58. The maximum absolute atomic E-state index is 13.9. The number of carbonyl (C=O) groups is 1. The average Bonchev–Trinajstić information content (AvgIpc) is 3.35. The predicted octanol–water partition coefficient (Wildman–Crippen LogP) is 2.80. The number of hydrogen-bond donors (Lipinski definition) is 2. The first-order chi connectivity index (χ1) is 15.1. The fraction of sp³-hybridized carbons (Fsp3) is 0.190. The van der Waals surface area contributed by atoms with E-state index in [1.807, 2.05) is 0 Å². The van der Waals surface area contributed by atoms with Crippen molar-refractivity contribution >= 4 is 31.5 Å². The summed E-state index contributed by atoms with van der Waals surface area (Å²) in [4.78, 5) is 12.4. The van der Waals surface area contributed by atoms with E-state index in [0.717, 1.165) is 0 Å². The van der Waals surface area contributed by atoms with Crippen molar-refractivity contribution < 1.29 is 30.4 Å². The monoisotopic (exact) mass is 478 g/mol. The van der Waals surface area contributed by atoms with Gasteiger partial charge in [-0.2, -0.15) is 0 Å². The lowest BCUT2D eigenvalue weighted by molar-refractivity contribution is 0.0997. The summed E-state index contributed by atoms with van der Waals surface area (Å²) in [5.41, 5.74) is 0.546. The molecular formula is C21H19FN2O6S2. The van der Waals surface area contributed by atoms with E-state index < -0.39 is 37.6 Å². The number of furan rings is 1. The lowest BCUT2D eigenvalue weighted by atomic mass is 10.1. The van der Waals surface area contributed by atoms with Crippen LogP contribution in [0.2, 0.25) is 0 Å². The van der Waals surface area contributed by atoms with Crippen LogP contribution in [0.1, 0.15) is 17.0 Å². The number of sulfone groups is 1. The van der Waals surface area contributed by atoms with E-state index in [9.17, 15) is 26.0 Å². The first kappa shape index (κ1) is 22.2. The summed E-state index contributed by atoms with van der Waals surface area (Å²) in [6.07, 6.45) is 0.230. The third-order valence-corrected chi connectivity index (χ3v) is 8.25. The molecule has 1 fully saturated rings. The Labute approximate surface area is 184 Å². The topological polar surface area (TPSA) is 123 Å². The Morgan fingerprint density at radius 2 is 1.75 bits per heavy atom. The van der Waals surface area contributed by atoms with Gasteiger partial charge in [0.25, 0.3) is 5.91 Å². The van der Waals surface area contributed by atoms with E-state index in [2.05, 4.69) is 10.0 Å². The summed E-state index contributed by atoms with van der Waals surface area (Å²) in [5.74, 6) is -1.17. The fourth-order valence-electron chi connectivity index (χ4n) is 3.35. The molecule has 3 aromatic rings. The standard InChI is InChI=1S/C21H19FN2O6S2/c22-18-4-2-1-3-17(18)19-9-10-20(30-19)21(25)23-14-5-7-16(8-6-14)32(28,29)24-15-11-12-31(26,27)13-15/h1-10,15,24H,11-13H2,(H,23,25)/t15-/m1/s1. The van der Waals surface area contributed by atoms with Gasteiger partial charge in [-0.05, 0) is 55.0 Å². The highest BCUT2D eigenvalue weighted by molar-refractivity contribution is 7.92. The number of hydrogen-bond acceptors (Lipinski definition) is 6. The van der Waals surface area contributed by atoms with Crippen LogP contribution in [0.3, 0.4) is 0 Å². The summed E-state index contributed by atoms with van der Waals surface area (Å²) < 4.78 is 69.7. The maximum Gasteiger partial charge on any atom is 0.291 e.